The fourth-order valence-electron chi connectivity index (χ4n) is 3.40. The fourth-order valence-corrected chi connectivity index (χ4v) is 3.67. The van der Waals surface area contributed by atoms with Crippen LogP contribution in [0.1, 0.15) is 25.7 Å². The molecule has 3 rings (SSSR count). The minimum absolute atomic E-state index is 0.0878. The molecule has 0 saturated heterocycles. The number of rotatable bonds is 2. The van der Waals surface area contributed by atoms with Crippen LogP contribution in [0.5, 0.6) is 0 Å². The van der Waals surface area contributed by atoms with Gasteiger partial charge in [0.25, 0.3) is 5.56 Å². The molecule has 3 atom stereocenters. The SMILES string of the molecule is O=c1c(Cl)c(Cl)cnn1CC1CC2CCC1C2. The molecule has 17 heavy (non-hydrogen) atoms. The lowest BCUT2D eigenvalue weighted by Gasteiger charge is -2.21. The predicted molar refractivity (Wildman–Crippen MR) is 67.5 cm³/mol. The maximum atomic E-state index is 11.9. The molecule has 1 aromatic heterocycles. The predicted octanol–water partition coefficient (Wildman–Crippen LogP) is 2.99. The van der Waals surface area contributed by atoms with Crippen molar-refractivity contribution < 1.29 is 0 Å². The van der Waals surface area contributed by atoms with E-state index in [2.05, 4.69) is 5.10 Å². The monoisotopic (exact) mass is 272 g/mol. The zero-order chi connectivity index (χ0) is 12.0. The van der Waals surface area contributed by atoms with E-state index in [1.54, 1.807) is 0 Å². The largest absolute Gasteiger partial charge is 0.287 e. The summed E-state index contributed by atoms with van der Waals surface area (Å²) in [5.74, 6) is 2.25. The van der Waals surface area contributed by atoms with Gasteiger partial charge in [-0.3, -0.25) is 4.79 Å². The Labute approximate surface area is 110 Å². The molecular weight excluding hydrogens is 259 g/mol. The Morgan fingerprint density at radius 1 is 1.35 bits per heavy atom. The summed E-state index contributed by atoms with van der Waals surface area (Å²) >= 11 is 11.6. The maximum absolute atomic E-state index is 11.9. The summed E-state index contributed by atoms with van der Waals surface area (Å²) in [6, 6.07) is 0. The third-order valence-corrected chi connectivity index (χ3v) is 4.98. The Hall–Kier alpha value is -0.540. The standard InChI is InChI=1S/C12H14Cl2N2O/c13-10-5-15-16(12(17)11(10)14)6-9-4-7-1-2-8(9)3-7/h5,7-9H,1-4,6H2. The van der Waals surface area contributed by atoms with Gasteiger partial charge in [0.05, 0.1) is 11.2 Å². The molecule has 0 aliphatic heterocycles. The number of hydrogen-bond donors (Lipinski definition) is 0. The number of aromatic nitrogens is 2. The summed E-state index contributed by atoms with van der Waals surface area (Å²) in [7, 11) is 0. The highest BCUT2D eigenvalue weighted by Gasteiger charge is 2.39. The first-order valence-electron chi connectivity index (χ1n) is 6.06. The van der Waals surface area contributed by atoms with Crippen molar-refractivity contribution in [2.45, 2.75) is 32.2 Å². The lowest BCUT2D eigenvalue weighted by Crippen LogP contribution is -2.28. The smallest absolute Gasteiger partial charge is 0.266 e. The second-order valence-corrected chi connectivity index (χ2v) is 6.01. The van der Waals surface area contributed by atoms with Gasteiger partial charge in [-0.05, 0) is 37.0 Å². The van der Waals surface area contributed by atoms with E-state index in [-0.39, 0.29) is 15.6 Å². The molecule has 2 bridgehead atoms. The molecule has 5 heteroatoms. The zero-order valence-corrected chi connectivity index (χ0v) is 10.9. The molecule has 0 aromatic carbocycles. The van der Waals surface area contributed by atoms with E-state index >= 15 is 0 Å². The van der Waals surface area contributed by atoms with Crippen molar-refractivity contribution in [1.82, 2.24) is 9.78 Å². The second-order valence-electron chi connectivity index (χ2n) is 5.23. The molecule has 0 radical (unpaired) electrons. The molecule has 2 fully saturated rings. The number of fused-ring (bicyclic) bond motifs is 2. The molecular formula is C12H14Cl2N2O. The Morgan fingerprint density at radius 3 is 2.82 bits per heavy atom. The van der Waals surface area contributed by atoms with E-state index in [1.165, 1.54) is 36.6 Å². The van der Waals surface area contributed by atoms with E-state index < -0.39 is 0 Å². The van der Waals surface area contributed by atoms with Gasteiger partial charge < -0.3 is 0 Å². The maximum Gasteiger partial charge on any atom is 0.287 e. The van der Waals surface area contributed by atoms with Crippen molar-refractivity contribution in [2.24, 2.45) is 17.8 Å². The average molecular weight is 273 g/mol. The number of hydrogen-bond acceptors (Lipinski definition) is 2. The summed E-state index contributed by atoms with van der Waals surface area (Å²) in [5, 5.41) is 4.40. The van der Waals surface area contributed by atoms with Gasteiger partial charge in [0.2, 0.25) is 0 Å². The summed E-state index contributed by atoms with van der Waals surface area (Å²) in [4.78, 5) is 11.9. The topological polar surface area (TPSA) is 34.9 Å². The second kappa shape index (κ2) is 4.29. The first kappa shape index (κ1) is 11.5. The number of halogens is 2. The third-order valence-electron chi connectivity index (χ3n) is 4.23. The molecule has 0 spiro atoms. The van der Waals surface area contributed by atoms with Crippen LogP contribution in [0.25, 0.3) is 0 Å². The fraction of sp³-hybridized carbons (Fsp3) is 0.667. The van der Waals surface area contributed by atoms with Crippen LogP contribution in [0, 0.1) is 17.8 Å². The normalized spacial score (nSPS) is 31.1. The van der Waals surface area contributed by atoms with E-state index in [0.29, 0.717) is 12.5 Å². The van der Waals surface area contributed by atoms with Crippen LogP contribution in [0.4, 0.5) is 0 Å². The Balaban J connectivity index is 1.82. The van der Waals surface area contributed by atoms with E-state index in [4.69, 9.17) is 23.2 Å². The van der Waals surface area contributed by atoms with Gasteiger partial charge in [0.1, 0.15) is 5.02 Å². The van der Waals surface area contributed by atoms with Crippen LogP contribution < -0.4 is 5.56 Å². The Bertz CT molecular complexity index is 500. The van der Waals surface area contributed by atoms with Crippen LogP contribution in [-0.4, -0.2) is 9.78 Å². The van der Waals surface area contributed by atoms with Crippen LogP contribution in [0.3, 0.4) is 0 Å². The molecule has 1 aromatic rings. The molecule has 92 valence electrons. The first-order chi connectivity index (χ1) is 8.15. The highest BCUT2D eigenvalue weighted by Crippen LogP contribution is 2.48. The van der Waals surface area contributed by atoms with Gasteiger partial charge in [0, 0.05) is 6.54 Å². The van der Waals surface area contributed by atoms with E-state index in [9.17, 15) is 4.79 Å². The van der Waals surface area contributed by atoms with Crippen LogP contribution in [-0.2, 0) is 6.54 Å². The molecule has 0 N–H and O–H groups in total. The van der Waals surface area contributed by atoms with Crippen molar-refractivity contribution in [2.75, 3.05) is 0 Å². The van der Waals surface area contributed by atoms with E-state index in [1.807, 2.05) is 0 Å². The summed E-state index contributed by atoms with van der Waals surface area (Å²) in [6.07, 6.45) is 6.70. The van der Waals surface area contributed by atoms with Gasteiger partial charge >= 0.3 is 0 Å². The Morgan fingerprint density at radius 2 is 2.18 bits per heavy atom. The first-order valence-corrected chi connectivity index (χ1v) is 6.82. The number of nitrogens with zero attached hydrogens (tertiary/aromatic N) is 2. The molecule has 2 saturated carbocycles. The minimum Gasteiger partial charge on any atom is -0.266 e. The summed E-state index contributed by atoms with van der Waals surface area (Å²) in [5.41, 5.74) is -0.262. The van der Waals surface area contributed by atoms with Crippen LogP contribution >= 0.6 is 23.2 Å². The zero-order valence-electron chi connectivity index (χ0n) is 9.40. The Kier molecular flexibility index (Phi) is 2.91. The van der Waals surface area contributed by atoms with Crippen LogP contribution in [0.2, 0.25) is 10.0 Å². The third kappa shape index (κ3) is 2.00. The minimum atomic E-state index is -0.262. The van der Waals surface area contributed by atoms with Gasteiger partial charge in [-0.2, -0.15) is 5.10 Å². The van der Waals surface area contributed by atoms with Gasteiger partial charge in [0.15, 0.2) is 0 Å². The molecule has 3 unspecified atom stereocenters. The highest BCUT2D eigenvalue weighted by atomic mass is 35.5. The lowest BCUT2D eigenvalue weighted by atomic mass is 9.89. The van der Waals surface area contributed by atoms with Gasteiger partial charge in [-0.15, -0.1) is 0 Å². The van der Waals surface area contributed by atoms with Crippen molar-refractivity contribution in [3.05, 3.63) is 26.6 Å². The molecule has 2 aliphatic rings. The molecule has 3 nitrogen and oxygen atoms in total. The van der Waals surface area contributed by atoms with Crippen molar-refractivity contribution in [3.63, 3.8) is 0 Å². The van der Waals surface area contributed by atoms with Gasteiger partial charge in [-0.1, -0.05) is 29.6 Å². The lowest BCUT2D eigenvalue weighted by molar-refractivity contribution is 0.280. The molecule has 2 aliphatic carbocycles. The summed E-state index contributed by atoms with van der Waals surface area (Å²) < 4.78 is 1.47. The summed E-state index contributed by atoms with van der Waals surface area (Å²) in [6.45, 7) is 0.691. The molecule has 1 heterocycles. The molecule has 0 amide bonds. The highest BCUT2D eigenvalue weighted by molar-refractivity contribution is 6.41. The van der Waals surface area contributed by atoms with Crippen LogP contribution in [0.15, 0.2) is 11.0 Å². The van der Waals surface area contributed by atoms with Crippen molar-refractivity contribution >= 4 is 23.2 Å². The van der Waals surface area contributed by atoms with Crippen molar-refractivity contribution in [1.29, 1.82) is 0 Å². The van der Waals surface area contributed by atoms with Crippen molar-refractivity contribution in [3.8, 4) is 0 Å². The average Bonchev–Trinajstić information content (AvgIpc) is 2.92. The van der Waals surface area contributed by atoms with E-state index in [0.717, 1.165) is 11.8 Å². The quantitative estimate of drug-likeness (QED) is 0.830. The van der Waals surface area contributed by atoms with Gasteiger partial charge in [-0.25, -0.2) is 4.68 Å².